The van der Waals surface area contributed by atoms with Crippen LogP contribution < -0.4 is 10.2 Å². The molecule has 1 aliphatic heterocycles. The van der Waals surface area contributed by atoms with Gasteiger partial charge in [-0.15, -0.1) is 0 Å². The lowest BCUT2D eigenvalue weighted by atomic mass is 10.1. The van der Waals surface area contributed by atoms with Gasteiger partial charge in [-0.25, -0.2) is 8.78 Å². The number of halogens is 2. The van der Waals surface area contributed by atoms with E-state index in [0.717, 1.165) is 30.8 Å². The zero-order valence-corrected chi connectivity index (χ0v) is 14.5. The van der Waals surface area contributed by atoms with Gasteiger partial charge in [0.1, 0.15) is 29.0 Å². The van der Waals surface area contributed by atoms with E-state index in [9.17, 15) is 13.6 Å². The van der Waals surface area contributed by atoms with Gasteiger partial charge >= 0.3 is 0 Å². The monoisotopic (exact) mass is 368 g/mol. The fourth-order valence-electron chi connectivity index (χ4n) is 3.53. The molecule has 1 aliphatic rings. The van der Waals surface area contributed by atoms with Crippen molar-refractivity contribution in [2.24, 2.45) is 0 Å². The van der Waals surface area contributed by atoms with E-state index >= 15 is 0 Å². The Morgan fingerprint density at radius 1 is 1.07 bits per heavy atom. The van der Waals surface area contributed by atoms with Crippen molar-refractivity contribution in [3.05, 3.63) is 89.4 Å². The Morgan fingerprint density at radius 3 is 2.59 bits per heavy atom. The highest BCUT2D eigenvalue weighted by Crippen LogP contribution is 2.35. The number of anilines is 1. The maximum absolute atomic E-state index is 13.9. The quantitative estimate of drug-likeness (QED) is 0.738. The number of nitrogens with zero attached hydrogens (tertiary/aromatic N) is 1. The third kappa shape index (κ3) is 3.30. The average Bonchev–Trinajstić information content (AvgIpc) is 3.32. The van der Waals surface area contributed by atoms with Crippen molar-refractivity contribution in [1.82, 2.24) is 5.32 Å². The Balaban J connectivity index is 1.58. The molecule has 2 heterocycles. The van der Waals surface area contributed by atoms with Gasteiger partial charge in [-0.3, -0.25) is 4.79 Å². The number of para-hydroxylation sites is 1. The molecule has 0 fully saturated rings. The first-order valence-corrected chi connectivity index (χ1v) is 8.75. The van der Waals surface area contributed by atoms with E-state index in [1.807, 2.05) is 24.3 Å². The maximum atomic E-state index is 13.9. The Morgan fingerprint density at radius 2 is 1.85 bits per heavy atom. The highest BCUT2D eigenvalue weighted by atomic mass is 19.1. The average molecular weight is 368 g/mol. The molecule has 1 amide bonds. The smallest absolute Gasteiger partial charge is 0.257 e. The van der Waals surface area contributed by atoms with Crippen molar-refractivity contribution in [2.75, 3.05) is 18.0 Å². The Labute approximate surface area is 155 Å². The van der Waals surface area contributed by atoms with Crippen molar-refractivity contribution in [2.45, 2.75) is 12.5 Å². The summed E-state index contributed by atoms with van der Waals surface area (Å²) in [7, 11) is 0. The van der Waals surface area contributed by atoms with Crippen LogP contribution in [0.3, 0.4) is 0 Å². The number of furan rings is 1. The number of hydrogen-bond acceptors (Lipinski definition) is 3. The highest BCUT2D eigenvalue weighted by molar-refractivity contribution is 5.94. The van der Waals surface area contributed by atoms with Crippen LogP contribution in [0.15, 0.2) is 65.3 Å². The molecule has 138 valence electrons. The number of fused-ring (bicyclic) bond motifs is 1. The number of carbonyl (C=O) groups excluding carboxylic acids is 1. The molecule has 0 saturated carbocycles. The second-order valence-electron chi connectivity index (χ2n) is 6.41. The van der Waals surface area contributed by atoms with Crippen molar-refractivity contribution < 1.29 is 18.0 Å². The summed E-state index contributed by atoms with van der Waals surface area (Å²) in [6.07, 6.45) is 2.46. The van der Waals surface area contributed by atoms with Crippen molar-refractivity contribution in [3.8, 4) is 0 Å². The van der Waals surface area contributed by atoms with Crippen molar-refractivity contribution in [1.29, 1.82) is 0 Å². The van der Waals surface area contributed by atoms with Crippen LogP contribution >= 0.6 is 0 Å². The van der Waals surface area contributed by atoms with E-state index in [-0.39, 0.29) is 12.6 Å². The van der Waals surface area contributed by atoms with Crippen molar-refractivity contribution >= 4 is 11.6 Å². The lowest BCUT2D eigenvalue weighted by Gasteiger charge is -2.29. The number of amides is 1. The fraction of sp³-hybridized carbons (Fsp3) is 0.190. The van der Waals surface area contributed by atoms with Crippen LogP contribution in [0.1, 0.15) is 27.7 Å². The summed E-state index contributed by atoms with van der Waals surface area (Å²) in [5, 5.41) is 2.66. The first kappa shape index (κ1) is 17.3. The molecule has 0 spiro atoms. The molecule has 0 aliphatic carbocycles. The molecule has 4 nitrogen and oxygen atoms in total. The van der Waals surface area contributed by atoms with Crippen LogP contribution in [-0.2, 0) is 6.42 Å². The third-order valence-electron chi connectivity index (χ3n) is 4.82. The minimum atomic E-state index is -0.881. The predicted molar refractivity (Wildman–Crippen MR) is 97.6 cm³/mol. The van der Waals surface area contributed by atoms with Crippen LogP contribution in [0, 0.1) is 11.6 Å². The van der Waals surface area contributed by atoms with Gasteiger partial charge in [-0.1, -0.05) is 24.3 Å². The van der Waals surface area contributed by atoms with E-state index in [0.29, 0.717) is 5.76 Å². The predicted octanol–water partition coefficient (Wildman–Crippen LogP) is 4.09. The van der Waals surface area contributed by atoms with Crippen LogP contribution in [0.25, 0.3) is 0 Å². The minimum Gasteiger partial charge on any atom is -0.467 e. The van der Waals surface area contributed by atoms with E-state index in [1.165, 1.54) is 11.6 Å². The molecule has 1 atom stereocenters. The third-order valence-corrected chi connectivity index (χ3v) is 4.82. The Bertz CT molecular complexity index is 936. The summed E-state index contributed by atoms with van der Waals surface area (Å²) in [5.74, 6) is -1.86. The van der Waals surface area contributed by atoms with Crippen LogP contribution in [0.4, 0.5) is 14.5 Å². The van der Waals surface area contributed by atoms with Gasteiger partial charge in [0.05, 0.1) is 6.26 Å². The Kier molecular flexibility index (Phi) is 4.62. The largest absolute Gasteiger partial charge is 0.467 e. The second-order valence-corrected chi connectivity index (χ2v) is 6.41. The van der Waals surface area contributed by atoms with E-state index < -0.39 is 23.1 Å². The normalized spacial score (nSPS) is 14.1. The van der Waals surface area contributed by atoms with Gasteiger partial charge in [-0.05, 0) is 42.3 Å². The summed E-state index contributed by atoms with van der Waals surface area (Å²) in [6.45, 7) is 0.934. The first-order valence-electron chi connectivity index (χ1n) is 8.75. The topological polar surface area (TPSA) is 45.5 Å². The second kappa shape index (κ2) is 7.23. The van der Waals surface area contributed by atoms with Gasteiger partial charge in [0.15, 0.2) is 0 Å². The molecule has 1 aromatic heterocycles. The molecule has 2 aromatic carbocycles. The van der Waals surface area contributed by atoms with E-state index in [1.54, 1.807) is 12.3 Å². The molecular formula is C21H18F2N2O2. The molecule has 0 saturated heterocycles. The molecule has 1 N–H and O–H groups in total. The number of nitrogens with one attached hydrogen (secondary N) is 1. The summed E-state index contributed by atoms with van der Waals surface area (Å²) in [5.41, 5.74) is 1.73. The lowest BCUT2D eigenvalue weighted by molar-refractivity contribution is 0.0941. The maximum Gasteiger partial charge on any atom is 0.257 e. The zero-order chi connectivity index (χ0) is 18.8. The van der Waals surface area contributed by atoms with Crippen LogP contribution in [0.2, 0.25) is 0 Å². The fourth-order valence-corrected chi connectivity index (χ4v) is 3.53. The van der Waals surface area contributed by atoms with E-state index in [2.05, 4.69) is 16.3 Å². The SMILES string of the molecule is O=C(NC[C@H](c1ccco1)N1CCc2ccccc21)c1c(F)cccc1F. The molecule has 0 radical (unpaired) electrons. The number of rotatable bonds is 5. The van der Waals surface area contributed by atoms with Gasteiger partial charge < -0.3 is 14.6 Å². The molecule has 27 heavy (non-hydrogen) atoms. The lowest BCUT2D eigenvalue weighted by Crippen LogP contribution is -2.37. The molecule has 0 unspecified atom stereocenters. The van der Waals surface area contributed by atoms with Gasteiger partial charge in [0.25, 0.3) is 5.91 Å². The summed E-state index contributed by atoms with van der Waals surface area (Å²) < 4.78 is 33.3. The highest BCUT2D eigenvalue weighted by Gasteiger charge is 2.29. The standard InChI is InChI=1S/C21H18F2N2O2/c22-15-6-3-7-16(23)20(15)21(26)24-13-18(19-9-4-12-27-19)25-11-10-14-5-1-2-8-17(14)25/h1-9,12,18H,10-11,13H2,(H,24,26)/t18-/m1/s1. The van der Waals surface area contributed by atoms with Gasteiger partial charge in [0.2, 0.25) is 0 Å². The number of carbonyl (C=O) groups is 1. The van der Waals surface area contributed by atoms with Crippen LogP contribution in [-0.4, -0.2) is 19.0 Å². The Hall–Kier alpha value is -3.15. The zero-order valence-electron chi connectivity index (χ0n) is 14.5. The molecular weight excluding hydrogens is 350 g/mol. The number of benzene rings is 2. The summed E-state index contributed by atoms with van der Waals surface area (Å²) >= 11 is 0. The molecule has 0 bridgehead atoms. The molecule has 3 aromatic rings. The molecule has 4 rings (SSSR count). The van der Waals surface area contributed by atoms with Crippen LogP contribution in [0.5, 0.6) is 0 Å². The van der Waals surface area contributed by atoms with Gasteiger partial charge in [-0.2, -0.15) is 0 Å². The first-order chi connectivity index (χ1) is 13.1. The van der Waals surface area contributed by atoms with Gasteiger partial charge in [0, 0.05) is 18.8 Å². The summed E-state index contributed by atoms with van der Waals surface area (Å²) in [4.78, 5) is 14.5. The van der Waals surface area contributed by atoms with E-state index in [4.69, 9.17) is 4.42 Å². The number of hydrogen-bond donors (Lipinski definition) is 1. The molecule has 6 heteroatoms. The minimum absolute atomic E-state index is 0.161. The summed E-state index contributed by atoms with van der Waals surface area (Å²) in [6, 6.07) is 14.8. The van der Waals surface area contributed by atoms with Crippen molar-refractivity contribution in [3.63, 3.8) is 0 Å².